The molecule has 0 aliphatic rings. The number of nitrogens with one attached hydrogen (secondary N) is 1. The molecule has 1 aromatic heterocycles. The van der Waals surface area contributed by atoms with E-state index in [1.165, 1.54) is 32.2 Å². The highest BCUT2D eigenvalue weighted by molar-refractivity contribution is 7.91. The molecule has 0 unspecified atom stereocenters. The van der Waals surface area contributed by atoms with E-state index in [4.69, 9.17) is 9.47 Å². The fraction of sp³-hybridized carbons (Fsp3) is 0.136. The molecule has 3 aromatic rings. The maximum atomic E-state index is 12.4. The SMILES string of the molecule is CCS(=O)(=O)c1nsc(NC(=O)/C(C#N)=C\c2ccc(OC(=O)c3cccc(OC)c3)cc2)n1. The second-order valence-corrected chi connectivity index (χ2v) is 9.52. The van der Waals surface area contributed by atoms with Crippen LogP contribution in [0.3, 0.4) is 0 Å². The highest BCUT2D eigenvalue weighted by Gasteiger charge is 2.20. The van der Waals surface area contributed by atoms with E-state index in [2.05, 4.69) is 14.7 Å². The lowest BCUT2D eigenvalue weighted by atomic mass is 10.1. The maximum Gasteiger partial charge on any atom is 0.343 e. The number of nitriles is 1. The first kappa shape index (κ1) is 24.6. The predicted octanol–water partition coefficient (Wildman–Crippen LogP) is 3.11. The zero-order valence-electron chi connectivity index (χ0n) is 18.0. The third-order valence-corrected chi connectivity index (χ3v) is 6.60. The lowest BCUT2D eigenvalue weighted by molar-refractivity contribution is -0.112. The maximum absolute atomic E-state index is 12.4. The average molecular weight is 499 g/mol. The van der Waals surface area contributed by atoms with E-state index in [1.807, 2.05) is 0 Å². The Morgan fingerprint density at radius 1 is 1.18 bits per heavy atom. The van der Waals surface area contributed by atoms with Crippen molar-refractivity contribution in [2.24, 2.45) is 0 Å². The Kier molecular flexibility index (Phi) is 7.72. The number of hydrogen-bond acceptors (Lipinski definition) is 10. The van der Waals surface area contributed by atoms with E-state index in [-0.39, 0.29) is 27.4 Å². The molecule has 10 nitrogen and oxygen atoms in total. The standard InChI is InChI=1S/C22H18N4O6S2/c1-3-34(29,30)22-25-21(33-26-22)24-19(27)16(13-23)11-14-7-9-17(10-8-14)32-20(28)15-5-4-6-18(12-15)31-2/h4-12H,3H2,1-2H3,(H,24,25,26,27)/b16-11-. The Balaban J connectivity index is 1.68. The van der Waals surface area contributed by atoms with Crippen molar-refractivity contribution in [3.8, 4) is 17.6 Å². The molecular weight excluding hydrogens is 480 g/mol. The molecule has 0 atom stereocenters. The molecule has 0 fully saturated rings. The van der Waals surface area contributed by atoms with Gasteiger partial charge in [0.05, 0.1) is 18.4 Å². The van der Waals surface area contributed by atoms with Gasteiger partial charge >= 0.3 is 5.97 Å². The minimum atomic E-state index is -3.61. The summed E-state index contributed by atoms with van der Waals surface area (Å²) < 4.78 is 37.7. The van der Waals surface area contributed by atoms with Crippen molar-refractivity contribution in [1.29, 1.82) is 5.26 Å². The van der Waals surface area contributed by atoms with Crippen LogP contribution < -0.4 is 14.8 Å². The molecule has 2 aromatic carbocycles. The highest BCUT2D eigenvalue weighted by Crippen LogP contribution is 2.20. The molecule has 0 aliphatic carbocycles. The Morgan fingerprint density at radius 3 is 2.56 bits per heavy atom. The number of carbonyl (C=O) groups is 2. The topological polar surface area (TPSA) is 148 Å². The summed E-state index contributed by atoms with van der Waals surface area (Å²) in [6.07, 6.45) is 1.33. The van der Waals surface area contributed by atoms with Crippen molar-refractivity contribution in [1.82, 2.24) is 9.36 Å². The zero-order chi connectivity index (χ0) is 24.7. The Bertz CT molecular complexity index is 1390. The molecule has 1 N–H and O–H groups in total. The summed E-state index contributed by atoms with van der Waals surface area (Å²) in [5.41, 5.74) is 0.578. The van der Waals surface area contributed by atoms with Gasteiger partial charge in [-0.05, 0) is 42.0 Å². The molecule has 0 radical (unpaired) electrons. The molecule has 1 heterocycles. The Morgan fingerprint density at radius 2 is 1.91 bits per heavy atom. The molecule has 1 amide bonds. The van der Waals surface area contributed by atoms with Crippen LogP contribution in [0, 0.1) is 11.3 Å². The monoisotopic (exact) mass is 498 g/mol. The number of rotatable bonds is 8. The number of anilines is 1. The summed E-state index contributed by atoms with van der Waals surface area (Å²) in [6, 6.07) is 14.5. The second-order valence-electron chi connectivity index (χ2n) is 6.60. The molecule has 0 saturated carbocycles. The number of aromatic nitrogens is 2. The lowest BCUT2D eigenvalue weighted by Crippen LogP contribution is -2.13. The smallest absolute Gasteiger partial charge is 0.343 e. The van der Waals surface area contributed by atoms with Crippen molar-refractivity contribution in [2.45, 2.75) is 12.1 Å². The first-order valence-corrected chi connectivity index (χ1v) is 12.1. The fourth-order valence-corrected chi connectivity index (χ4v) is 4.13. The van der Waals surface area contributed by atoms with Gasteiger partial charge in [-0.1, -0.05) is 25.1 Å². The van der Waals surface area contributed by atoms with Crippen LogP contribution in [-0.2, 0) is 14.6 Å². The van der Waals surface area contributed by atoms with Crippen LogP contribution >= 0.6 is 11.5 Å². The van der Waals surface area contributed by atoms with E-state index < -0.39 is 21.7 Å². The molecule has 0 aliphatic heterocycles. The predicted molar refractivity (Wildman–Crippen MR) is 124 cm³/mol. The first-order valence-electron chi connectivity index (χ1n) is 9.71. The first-order chi connectivity index (χ1) is 16.2. The highest BCUT2D eigenvalue weighted by atomic mass is 32.2. The number of carbonyl (C=O) groups excluding carboxylic acids is 2. The molecule has 34 heavy (non-hydrogen) atoms. The van der Waals surface area contributed by atoms with E-state index in [9.17, 15) is 23.3 Å². The van der Waals surface area contributed by atoms with Gasteiger partial charge in [-0.25, -0.2) is 13.2 Å². The Labute approximate surface area is 199 Å². The third-order valence-electron chi connectivity index (χ3n) is 4.36. The number of sulfone groups is 1. The van der Waals surface area contributed by atoms with Crippen LogP contribution in [-0.4, -0.2) is 42.5 Å². The van der Waals surface area contributed by atoms with Gasteiger partial charge in [0.2, 0.25) is 15.0 Å². The van der Waals surface area contributed by atoms with Gasteiger partial charge in [-0.3, -0.25) is 10.1 Å². The van der Waals surface area contributed by atoms with Crippen LogP contribution in [0.5, 0.6) is 11.5 Å². The number of esters is 1. The summed E-state index contributed by atoms with van der Waals surface area (Å²) in [5.74, 6) is -0.723. The van der Waals surface area contributed by atoms with Gasteiger partial charge in [0, 0.05) is 11.5 Å². The molecule has 0 bridgehead atoms. The minimum absolute atomic E-state index is 0.0435. The average Bonchev–Trinajstić information content (AvgIpc) is 3.32. The van der Waals surface area contributed by atoms with Crippen molar-refractivity contribution in [3.63, 3.8) is 0 Å². The van der Waals surface area contributed by atoms with E-state index in [0.29, 0.717) is 28.4 Å². The van der Waals surface area contributed by atoms with Gasteiger partial charge in [-0.15, -0.1) is 0 Å². The Hall–Kier alpha value is -4.08. The van der Waals surface area contributed by atoms with Crippen LogP contribution in [0.15, 0.2) is 59.3 Å². The number of ether oxygens (including phenoxy) is 2. The number of amides is 1. The molecule has 0 saturated heterocycles. The van der Waals surface area contributed by atoms with Crippen LogP contribution in [0.2, 0.25) is 0 Å². The normalized spacial score (nSPS) is 11.4. The molecule has 3 rings (SSSR count). The van der Waals surface area contributed by atoms with Crippen molar-refractivity contribution >= 4 is 44.5 Å². The van der Waals surface area contributed by atoms with Gasteiger partial charge in [-0.2, -0.15) is 14.6 Å². The van der Waals surface area contributed by atoms with Gasteiger partial charge in [0.25, 0.3) is 11.1 Å². The third kappa shape index (κ3) is 6.03. The number of nitrogens with zero attached hydrogens (tertiary/aromatic N) is 3. The summed E-state index contributed by atoms with van der Waals surface area (Å²) in [4.78, 5) is 28.5. The van der Waals surface area contributed by atoms with Crippen molar-refractivity contribution in [3.05, 3.63) is 65.2 Å². The van der Waals surface area contributed by atoms with Gasteiger partial charge < -0.3 is 9.47 Å². The van der Waals surface area contributed by atoms with Crippen LogP contribution in [0.25, 0.3) is 6.08 Å². The largest absolute Gasteiger partial charge is 0.497 e. The summed E-state index contributed by atoms with van der Waals surface area (Å²) >= 11 is 0.697. The fourth-order valence-electron chi connectivity index (χ4n) is 2.54. The number of hydrogen-bond donors (Lipinski definition) is 1. The summed E-state index contributed by atoms with van der Waals surface area (Å²) in [7, 11) is -2.11. The van der Waals surface area contributed by atoms with Crippen molar-refractivity contribution in [2.75, 3.05) is 18.2 Å². The second kappa shape index (κ2) is 10.7. The molecule has 12 heteroatoms. The van der Waals surface area contributed by atoms with Gasteiger partial charge in [0.15, 0.2) is 0 Å². The van der Waals surface area contributed by atoms with E-state index >= 15 is 0 Å². The minimum Gasteiger partial charge on any atom is -0.497 e. The van der Waals surface area contributed by atoms with Gasteiger partial charge in [0.1, 0.15) is 23.1 Å². The van der Waals surface area contributed by atoms with E-state index in [0.717, 1.165) is 0 Å². The molecular formula is C22H18N4O6S2. The summed E-state index contributed by atoms with van der Waals surface area (Å²) in [5, 5.41) is 11.3. The number of methoxy groups -OCH3 is 1. The lowest BCUT2D eigenvalue weighted by Gasteiger charge is -2.06. The van der Waals surface area contributed by atoms with Crippen molar-refractivity contribution < 1.29 is 27.5 Å². The molecule has 0 spiro atoms. The zero-order valence-corrected chi connectivity index (χ0v) is 19.6. The van der Waals surface area contributed by atoms with Crippen LogP contribution in [0.4, 0.5) is 5.13 Å². The molecule has 174 valence electrons. The number of benzene rings is 2. The van der Waals surface area contributed by atoms with E-state index in [1.54, 1.807) is 42.5 Å². The quantitative estimate of drug-likeness (QED) is 0.214. The summed E-state index contributed by atoms with van der Waals surface area (Å²) in [6.45, 7) is 1.45. The van der Waals surface area contributed by atoms with Crippen LogP contribution in [0.1, 0.15) is 22.8 Å².